The molecule has 260 valence electrons. The van der Waals surface area contributed by atoms with Crippen LogP contribution in [0.25, 0.3) is 0 Å². The van der Waals surface area contributed by atoms with Gasteiger partial charge < -0.3 is 30.1 Å². The van der Waals surface area contributed by atoms with Gasteiger partial charge in [-0.15, -0.1) is 0 Å². The predicted octanol–water partition coefficient (Wildman–Crippen LogP) is 6.77. The third kappa shape index (κ3) is 6.81. The molecule has 10 atom stereocenters. The highest BCUT2D eigenvalue weighted by atomic mass is 16.6. The van der Waals surface area contributed by atoms with Gasteiger partial charge in [-0.2, -0.15) is 0 Å². The average Bonchev–Trinajstić information content (AvgIpc) is 3.25. The summed E-state index contributed by atoms with van der Waals surface area (Å²) >= 11 is 0. The highest BCUT2D eigenvalue weighted by molar-refractivity contribution is 5.78. The zero-order valence-electron chi connectivity index (χ0n) is 30.2. The van der Waals surface area contributed by atoms with E-state index in [1.54, 1.807) is 34.6 Å². The first-order valence-electron chi connectivity index (χ1n) is 17.7. The number of rotatable bonds is 8. The zero-order chi connectivity index (χ0) is 34.0. The molecule has 0 bridgehead atoms. The number of esters is 1. The van der Waals surface area contributed by atoms with E-state index in [1.807, 2.05) is 6.92 Å². The molecule has 8 nitrogen and oxygen atoms in total. The van der Waals surface area contributed by atoms with Crippen LogP contribution in [0, 0.1) is 45.3 Å². The van der Waals surface area contributed by atoms with Crippen LogP contribution < -0.4 is 5.32 Å². The van der Waals surface area contributed by atoms with Gasteiger partial charge in [0.1, 0.15) is 18.2 Å². The van der Waals surface area contributed by atoms with E-state index in [4.69, 9.17) is 9.47 Å². The number of aliphatic hydroxyl groups excluding tert-OH is 1. The Morgan fingerprint density at radius 2 is 1.47 bits per heavy atom. The molecule has 0 spiro atoms. The monoisotopic (exact) mass is 635 g/mol. The van der Waals surface area contributed by atoms with Crippen LogP contribution in [-0.4, -0.2) is 62.9 Å². The summed E-state index contributed by atoms with van der Waals surface area (Å²) in [6.07, 6.45) is 6.85. The Hall–Kier alpha value is -1.38. The highest BCUT2D eigenvalue weighted by Gasteiger charge is 2.72. The van der Waals surface area contributed by atoms with Gasteiger partial charge >= 0.3 is 12.1 Å². The molecule has 0 unspecified atom stereocenters. The number of amides is 1. The van der Waals surface area contributed by atoms with Gasteiger partial charge in [-0.25, -0.2) is 4.79 Å². The van der Waals surface area contributed by atoms with E-state index < -0.39 is 35.0 Å². The summed E-state index contributed by atoms with van der Waals surface area (Å²) in [5.41, 5.74) is -2.84. The number of carbonyl (C=O) groups is 2. The molecule has 4 N–H and O–H groups in total. The maximum Gasteiger partial charge on any atom is 0.408 e. The minimum atomic E-state index is -0.978. The highest BCUT2D eigenvalue weighted by Crippen LogP contribution is 2.76. The smallest absolute Gasteiger partial charge is 0.408 e. The SMILES string of the molecule is CC(C)(O)CCC[C@@](C)(O)[C@H]1CC[C@]2(C)[C@@H]1[C@H](OC(=O)CNC(=O)OC(C)(C)C)C[C@@H]1[C@@]3(C)CC[C@H](O)C(C)(C)[C@@H]3CC[C@]12C. The van der Waals surface area contributed by atoms with Gasteiger partial charge in [-0.05, 0) is 145 Å². The van der Waals surface area contributed by atoms with Crippen LogP contribution in [0.4, 0.5) is 4.79 Å². The fourth-order valence-corrected chi connectivity index (χ4v) is 11.3. The molecule has 0 heterocycles. The van der Waals surface area contributed by atoms with E-state index in [2.05, 4.69) is 39.9 Å². The topological polar surface area (TPSA) is 125 Å². The van der Waals surface area contributed by atoms with Crippen molar-refractivity contribution in [3.63, 3.8) is 0 Å². The summed E-state index contributed by atoms with van der Waals surface area (Å²) in [4.78, 5) is 25.8. The minimum absolute atomic E-state index is 0.0170. The summed E-state index contributed by atoms with van der Waals surface area (Å²) in [6.45, 7) is 22.4. The van der Waals surface area contributed by atoms with Crippen molar-refractivity contribution >= 4 is 12.1 Å². The molecule has 4 fully saturated rings. The van der Waals surface area contributed by atoms with Crippen LogP contribution in [-0.2, 0) is 14.3 Å². The molecule has 0 aromatic heterocycles. The molecular formula is C37H65NO7. The number of aliphatic hydroxyl groups is 3. The Balaban J connectivity index is 1.67. The zero-order valence-corrected chi connectivity index (χ0v) is 30.2. The lowest BCUT2D eigenvalue weighted by molar-refractivity contribution is -0.250. The Labute approximate surface area is 272 Å². The maximum atomic E-state index is 13.4. The molecule has 0 aliphatic heterocycles. The van der Waals surface area contributed by atoms with Crippen LogP contribution in [0.5, 0.6) is 0 Å². The van der Waals surface area contributed by atoms with Gasteiger partial charge in [-0.3, -0.25) is 4.79 Å². The third-order valence-electron chi connectivity index (χ3n) is 13.7. The van der Waals surface area contributed by atoms with Crippen LogP contribution in [0.3, 0.4) is 0 Å². The van der Waals surface area contributed by atoms with Crippen LogP contribution in [0.15, 0.2) is 0 Å². The summed E-state index contributed by atoms with van der Waals surface area (Å²) in [5, 5.41) is 36.1. The lowest BCUT2D eigenvalue weighted by Crippen LogP contribution is -2.67. The van der Waals surface area contributed by atoms with Gasteiger partial charge in [0.2, 0.25) is 0 Å². The minimum Gasteiger partial charge on any atom is -0.461 e. The van der Waals surface area contributed by atoms with Crippen molar-refractivity contribution in [2.24, 2.45) is 45.3 Å². The van der Waals surface area contributed by atoms with E-state index in [9.17, 15) is 24.9 Å². The van der Waals surface area contributed by atoms with Crippen LogP contribution >= 0.6 is 0 Å². The van der Waals surface area contributed by atoms with E-state index in [1.165, 1.54) is 0 Å². The van der Waals surface area contributed by atoms with E-state index in [0.717, 1.165) is 38.5 Å². The lowest BCUT2D eigenvalue weighted by atomic mass is 9.35. The molecule has 0 saturated heterocycles. The Morgan fingerprint density at radius 3 is 2.07 bits per heavy atom. The van der Waals surface area contributed by atoms with E-state index >= 15 is 0 Å². The maximum absolute atomic E-state index is 13.4. The number of ether oxygens (including phenoxy) is 2. The van der Waals surface area contributed by atoms with Gasteiger partial charge in [0.25, 0.3) is 0 Å². The molecular weight excluding hydrogens is 570 g/mol. The largest absolute Gasteiger partial charge is 0.461 e. The predicted molar refractivity (Wildman–Crippen MR) is 175 cm³/mol. The Kier molecular flexibility index (Phi) is 9.68. The molecule has 0 radical (unpaired) electrons. The first-order valence-corrected chi connectivity index (χ1v) is 17.7. The second-order valence-electron chi connectivity index (χ2n) is 18.7. The molecule has 0 aromatic rings. The standard InChI is InChI=1S/C37H65NO7/c1-31(2,3)45-30(41)38-22-28(40)44-24-21-26-34(8)18-15-27(39)33(6,7)25(34)14-20-35(26,9)36(10)19-13-23(29(24)36)37(11,43)17-12-16-32(4,5)42/h23-27,29,39,42-43H,12-22H2,1-11H3,(H,38,41)/t23-,24+,25-,26+,27-,29-,34-,35+,36+,37+/m0/s1. The number of hydrogen-bond donors (Lipinski definition) is 4. The number of fused-ring (bicyclic) bond motifs is 5. The van der Waals surface area contributed by atoms with Crippen molar-refractivity contribution in [1.82, 2.24) is 5.32 Å². The summed E-state index contributed by atoms with van der Waals surface area (Å²) in [7, 11) is 0. The van der Waals surface area contributed by atoms with Crippen molar-refractivity contribution in [2.45, 2.75) is 169 Å². The molecule has 4 rings (SSSR count). The number of nitrogens with one attached hydrogen (secondary N) is 1. The van der Waals surface area contributed by atoms with E-state index in [0.29, 0.717) is 31.6 Å². The van der Waals surface area contributed by atoms with Crippen molar-refractivity contribution in [2.75, 3.05) is 6.54 Å². The number of carbonyl (C=O) groups excluding carboxylic acids is 2. The fourth-order valence-electron chi connectivity index (χ4n) is 11.3. The first-order chi connectivity index (χ1) is 20.4. The van der Waals surface area contributed by atoms with Gasteiger partial charge in [0, 0.05) is 5.92 Å². The molecule has 4 aliphatic carbocycles. The third-order valence-corrected chi connectivity index (χ3v) is 13.7. The normalized spacial score (nSPS) is 40.8. The first kappa shape index (κ1) is 36.5. The number of hydrogen-bond acceptors (Lipinski definition) is 7. The lowest BCUT2D eigenvalue weighted by Gasteiger charge is -2.70. The second-order valence-corrected chi connectivity index (χ2v) is 18.7. The number of alkyl carbamates (subject to hydrolysis) is 1. The summed E-state index contributed by atoms with van der Waals surface area (Å²) < 4.78 is 11.8. The van der Waals surface area contributed by atoms with Crippen LogP contribution in [0.1, 0.15) is 140 Å². The second kappa shape index (κ2) is 11.9. The quantitative estimate of drug-likeness (QED) is 0.217. The van der Waals surface area contributed by atoms with Crippen LogP contribution in [0.2, 0.25) is 0 Å². The fraction of sp³-hybridized carbons (Fsp3) is 0.946. The summed E-state index contributed by atoms with van der Waals surface area (Å²) in [6, 6.07) is 0. The van der Waals surface area contributed by atoms with Crippen molar-refractivity contribution in [3.05, 3.63) is 0 Å². The van der Waals surface area contributed by atoms with Crippen molar-refractivity contribution in [1.29, 1.82) is 0 Å². The van der Waals surface area contributed by atoms with Gasteiger partial charge in [-0.1, -0.05) is 34.6 Å². The van der Waals surface area contributed by atoms with Gasteiger partial charge in [0.05, 0.1) is 17.3 Å². The van der Waals surface area contributed by atoms with E-state index in [-0.39, 0.29) is 52.1 Å². The molecule has 4 aliphatic rings. The molecule has 8 heteroatoms. The van der Waals surface area contributed by atoms with Crippen molar-refractivity contribution in [3.8, 4) is 0 Å². The summed E-state index contributed by atoms with van der Waals surface area (Å²) in [5.74, 6) is 0.0603. The Morgan fingerprint density at radius 1 is 0.844 bits per heavy atom. The van der Waals surface area contributed by atoms with Crippen molar-refractivity contribution < 1.29 is 34.4 Å². The average molecular weight is 636 g/mol. The molecule has 4 saturated carbocycles. The molecule has 45 heavy (non-hydrogen) atoms. The molecule has 1 amide bonds. The van der Waals surface area contributed by atoms with Gasteiger partial charge in [0.15, 0.2) is 0 Å². The molecule has 0 aromatic carbocycles. The Bertz CT molecular complexity index is 1110.